The summed E-state index contributed by atoms with van der Waals surface area (Å²) in [6, 6.07) is 12.3. The van der Waals surface area contributed by atoms with Crippen molar-refractivity contribution >= 4 is 27.6 Å². The Hall–Kier alpha value is -4.36. The number of benzene rings is 3. The van der Waals surface area contributed by atoms with Gasteiger partial charge in [0, 0.05) is 41.5 Å². The number of aliphatic carboxylic acids is 1. The van der Waals surface area contributed by atoms with Crippen LogP contribution in [0.4, 0.5) is 0 Å². The van der Waals surface area contributed by atoms with Gasteiger partial charge in [-0.3, -0.25) is 9.78 Å². The molecule has 0 atom stereocenters. The van der Waals surface area contributed by atoms with E-state index in [-0.39, 0.29) is 6.42 Å². The molecular formula is C33H33N3O4. The SMILES string of the molecule is CC(C)(C)O.Cc1cc2c(C)c(-c3cncnc3)ccc2c(-c2ccc3c4c(ccnc24)CCO3)c1CC(=O)O. The average Bonchev–Trinajstić information content (AvgIpc) is 2.90. The number of hydrogen-bond acceptors (Lipinski definition) is 6. The van der Waals surface area contributed by atoms with E-state index in [1.807, 2.05) is 43.7 Å². The summed E-state index contributed by atoms with van der Waals surface area (Å²) in [5.74, 6) is -0.0279. The summed E-state index contributed by atoms with van der Waals surface area (Å²) in [5, 5.41) is 21.4. The number of nitrogens with zero attached hydrogens (tertiary/aromatic N) is 3. The number of hydrogen-bond donors (Lipinski definition) is 2. The molecule has 0 aliphatic carbocycles. The molecule has 0 fully saturated rings. The molecule has 0 saturated carbocycles. The van der Waals surface area contributed by atoms with Crippen molar-refractivity contribution < 1.29 is 19.7 Å². The second-order valence-corrected chi connectivity index (χ2v) is 11.2. The smallest absolute Gasteiger partial charge is 0.307 e. The Labute approximate surface area is 233 Å². The van der Waals surface area contributed by atoms with Gasteiger partial charge in [0.1, 0.15) is 12.1 Å². The summed E-state index contributed by atoms with van der Waals surface area (Å²) < 4.78 is 5.93. The van der Waals surface area contributed by atoms with Crippen LogP contribution < -0.4 is 4.74 Å². The van der Waals surface area contributed by atoms with Crippen molar-refractivity contribution in [2.45, 2.75) is 53.1 Å². The van der Waals surface area contributed by atoms with Gasteiger partial charge in [0.05, 0.1) is 24.1 Å². The molecule has 40 heavy (non-hydrogen) atoms. The highest BCUT2D eigenvalue weighted by atomic mass is 16.5. The third-order valence-corrected chi connectivity index (χ3v) is 6.96. The Morgan fingerprint density at radius 2 is 1.70 bits per heavy atom. The summed E-state index contributed by atoms with van der Waals surface area (Å²) in [5.41, 5.74) is 8.24. The first-order valence-electron chi connectivity index (χ1n) is 13.3. The lowest BCUT2D eigenvalue weighted by molar-refractivity contribution is -0.136. The molecular weight excluding hydrogens is 502 g/mol. The Morgan fingerprint density at radius 3 is 2.40 bits per heavy atom. The van der Waals surface area contributed by atoms with Crippen LogP contribution in [0.2, 0.25) is 0 Å². The van der Waals surface area contributed by atoms with Crippen LogP contribution in [0.1, 0.15) is 43.0 Å². The van der Waals surface area contributed by atoms with Crippen molar-refractivity contribution in [3.8, 4) is 28.0 Å². The van der Waals surface area contributed by atoms with E-state index in [4.69, 9.17) is 14.8 Å². The maximum atomic E-state index is 11.9. The molecule has 0 radical (unpaired) electrons. The predicted molar refractivity (Wildman–Crippen MR) is 158 cm³/mol. The quantitative estimate of drug-likeness (QED) is 0.272. The Morgan fingerprint density at radius 1 is 1.00 bits per heavy atom. The largest absolute Gasteiger partial charge is 0.493 e. The van der Waals surface area contributed by atoms with E-state index in [1.54, 1.807) is 20.8 Å². The van der Waals surface area contributed by atoms with Crippen molar-refractivity contribution in [1.29, 1.82) is 0 Å². The molecule has 1 aliphatic heterocycles. The van der Waals surface area contributed by atoms with Gasteiger partial charge in [-0.15, -0.1) is 0 Å². The number of ether oxygens (including phenoxy) is 1. The number of pyridine rings is 1. The Balaban J connectivity index is 0.000000595. The third-order valence-electron chi connectivity index (χ3n) is 6.96. The number of fused-ring (bicyclic) bond motifs is 1. The third kappa shape index (κ3) is 5.38. The molecule has 5 aromatic rings. The highest BCUT2D eigenvalue weighted by Crippen LogP contribution is 2.43. The average molecular weight is 536 g/mol. The number of rotatable bonds is 4. The zero-order chi connectivity index (χ0) is 28.6. The molecule has 0 spiro atoms. The standard InChI is InChI=1S/C29H23N3O3.C4H10O/c1-16-11-24-17(2)20(19-13-30-15-31-14-19)3-4-21(24)28(23(16)12-26(33)34)22-5-6-25-27-18(8-10-35-25)7-9-32-29(22)27;1-4(2,3)5/h3-7,9,11,13-15H,8,10,12H2,1-2H3,(H,33,34);5H,1-3H3. The normalized spacial score (nSPS) is 12.6. The molecule has 0 amide bonds. The summed E-state index contributed by atoms with van der Waals surface area (Å²) in [4.78, 5) is 25.0. The van der Waals surface area contributed by atoms with Crippen LogP contribution in [-0.2, 0) is 17.6 Å². The van der Waals surface area contributed by atoms with Gasteiger partial charge in [-0.05, 0) is 97.0 Å². The van der Waals surface area contributed by atoms with Gasteiger partial charge in [0.15, 0.2) is 0 Å². The van der Waals surface area contributed by atoms with Crippen LogP contribution in [0.3, 0.4) is 0 Å². The molecule has 3 heterocycles. The zero-order valence-corrected chi connectivity index (χ0v) is 23.4. The second-order valence-electron chi connectivity index (χ2n) is 11.2. The van der Waals surface area contributed by atoms with Crippen LogP contribution in [0.15, 0.2) is 61.3 Å². The van der Waals surface area contributed by atoms with Gasteiger partial charge in [0.25, 0.3) is 0 Å². The molecule has 0 saturated heterocycles. The van der Waals surface area contributed by atoms with Gasteiger partial charge >= 0.3 is 5.97 Å². The van der Waals surface area contributed by atoms with E-state index in [0.717, 1.165) is 72.8 Å². The molecule has 2 aromatic heterocycles. The second kappa shape index (κ2) is 10.7. The minimum atomic E-state index is -0.859. The summed E-state index contributed by atoms with van der Waals surface area (Å²) in [6.45, 7) is 9.95. The minimum absolute atomic E-state index is 0.0656. The lowest BCUT2D eigenvalue weighted by Crippen LogP contribution is -2.10. The van der Waals surface area contributed by atoms with Crippen LogP contribution in [0.25, 0.3) is 43.9 Å². The van der Waals surface area contributed by atoms with E-state index in [9.17, 15) is 9.90 Å². The van der Waals surface area contributed by atoms with Gasteiger partial charge < -0.3 is 14.9 Å². The van der Waals surface area contributed by atoms with E-state index in [0.29, 0.717) is 6.61 Å². The number of aromatic nitrogens is 3. The highest BCUT2D eigenvalue weighted by molar-refractivity contribution is 6.10. The van der Waals surface area contributed by atoms with Gasteiger partial charge in [-0.2, -0.15) is 0 Å². The van der Waals surface area contributed by atoms with E-state index < -0.39 is 11.6 Å². The fourth-order valence-electron chi connectivity index (χ4n) is 5.34. The lowest BCUT2D eigenvalue weighted by Gasteiger charge is -2.22. The first kappa shape index (κ1) is 27.2. The molecule has 3 aromatic carbocycles. The van der Waals surface area contributed by atoms with Crippen molar-refractivity contribution in [3.63, 3.8) is 0 Å². The molecule has 7 nitrogen and oxygen atoms in total. The van der Waals surface area contributed by atoms with E-state index >= 15 is 0 Å². The summed E-state index contributed by atoms with van der Waals surface area (Å²) >= 11 is 0. The lowest BCUT2D eigenvalue weighted by atomic mass is 9.84. The van der Waals surface area contributed by atoms with Crippen molar-refractivity contribution in [3.05, 3.63) is 83.6 Å². The molecule has 6 rings (SSSR count). The number of aryl methyl sites for hydroxylation is 2. The predicted octanol–water partition coefficient (Wildman–Crippen LogP) is 6.47. The van der Waals surface area contributed by atoms with Crippen LogP contribution in [-0.4, -0.2) is 43.3 Å². The number of carbonyl (C=O) groups is 1. The van der Waals surface area contributed by atoms with Crippen molar-refractivity contribution in [1.82, 2.24) is 15.0 Å². The summed E-state index contributed by atoms with van der Waals surface area (Å²) in [6.07, 6.45) is 7.74. The monoisotopic (exact) mass is 535 g/mol. The van der Waals surface area contributed by atoms with Crippen LogP contribution in [0, 0.1) is 13.8 Å². The topological polar surface area (TPSA) is 105 Å². The highest BCUT2D eigenvalue weighted by Gasteiger charge is 2.23. The molecule has 2 N–H and O–H groups in total. The van der Waals surface area contributed by atoms with E-state index in [1.165, 1.54) is 11.9 Å². The molecule has 0 unspecified atom stereocenters. The summed E-state index contributed by atoms with van der Waals surface area (Å²) in [7, 11) is 0. The minimum Gasteiger partial charge on any atom is -0.493 e. The maximum absolute atomic E-state index is 11.9. The Bertz CT molecular complexity index is 1730. The van der Waals surface area contributed by atoms with Crippen molar-refractivity contribution in [2.24, 2.45) is 0 Å². The number of carboxylic acids is 1. The molecule has 204 valence electrons. The van der Waals surface area contributed by atoms with Crippen LogP contribution in [0.5, 0.6) is 5.75 Å². The van der Waals surface area contributed by atoms with Gasteiger partial charge in [-0.25, -0.2) is 9.97 Å². The molecule has 1 aliphatic rings. The maximum Gasteiger partial charge on any atom is 0.307 e. The fourth-order valence-corrected chi connectivity index (χ4v) is 5.34. The van der Waals surface area contributed by atoms with Gasteiger partial charge in [-0.1, -0.05) is 18.2 Å². The first-order valence-corrected chi connectivity index (χ1v) is 13.3. The van der Waals surface area contributed by atoms with Crippen molar-refractivity contribution in [2.75, 3.05) is 6.61 Å². The molecule has 0 bridgehead atoms. The van der Waals surface area contributed by atoms with E-state index in [2.05, 4.69) is 35.1 Å². The number of carboxylic acid groups (broad SMARTS) is 1. The Kier molecular flexibility index (Phi) is 7.25. The van der Waals surface area contributed by atoms with Gasteiger partial charge in [0.2, 0.25) is 0 Å². The fraction of sp³-hybridized carbons (Fsp3) is 0.273. The van der Waals surface area contributed by atoms with Crippen LogP contribution >= 0.6 is 0 Å². The number of aliphatic hydroxyl groups is 1. The molecule has 7 heteroatoms. The first-order chi connectivity index (χ1) is 19.0. The zero-order valence-electron chi connectivity index (χ0n) is 23.4.